The molecule has 1 aliphatic heterocycles. The van der Waals surface area contributed by atoms with E-state index in [9.17, 15) is 4.79 Å². The maximum Gasteiger partial charge on any atom is 0.212 e. The molecule has 2 heterocycles. The van der Waals surface area contributed by atoms with E-state index in [0.29, 0.717) is 12.2 Å². The van der Waals surface area contributed by atoms with Crippen molar-refractivity contribution in [2.24, 2.45) is 0 Å². The molecule has 2 N–H and O–H groups in total. The summed E-state index contributed by atoms with van der Waals surface area (Å²) >= 11 is 0. The molecule has 0 saturated carbocycles. The number of hydrogen-bond donors (Lipinski definition) is 2. The third kappa shape index (κ3) is 7.94. The molecule has 5 nitrogen and oxygen atoms in total. The van der Waals surface area contributed by atoms with Gasteiger partial charge in [-0.05, 0) is 26.3 Å². The minimum absolute atomic E-state index is 0.465. The lowest BCUT2D eigenvalue weighted by Crippen LogP contribution is -2.16. The molecule has 92 valence electrons. The average Bonchev–Trinajstić information content (AvgIpc) is 2.85. The van der Waals surface area contributed by atoms with Gasteiger partial charge in [-0.2, -0.15) is 0 Å². The molecular weight excluding hydrogens is 216 g/mol. The van der Waals surface area contributed by atoms with Crippen LogP contribution in [0.25, 0.3) is 0 Å². The first-order valence-electron chi connectivity index (χ1n) is 5.36. The quantitative estimate of drug-likeness (QED) is 0.593. The Morgan fingerprint density at radius 3 is 2.65 bits per heavy atom. The van der Waals surface area contributed by atoms with E-state index in [-0.39, 0.29) is 0 Å². The fourth-order valence-electron chi connectivity index (χ4n) is 1.29. The molecule has 0 radical (unpaired) electrons. The molecule has 1 amide bonds. The Kier molecular flexibility index (Phi) is 9.38. The van der Waals surface area contributed by atoms with Crippen LogP contribution in [0.5, 0.6) is 0 Å². The number of amides is 1. The van der Waals surface area contributed by atoms with E-state index in [2.05, 4.69) is 40.4 Å². The predicted molar refractivity (Wildman–Crippen MR) is 68.3 cm³/mol. The van der Waals surface area contributed by atoms with Crippen LogP contribution in [0, 0.1) is 12.8 Å². The number of anilines is 1. The summed E-state index contributed by atoms with van der Waals surface area (Å²) in [4.78, 5) is 17.3. The second-order valence-electron chi connectivity index (χ2n) is 3.35. The van der Waals surface area contributed by atoms with Gasteiger partial charge in [-0.3, -0.25) is 9.78 Å². The van der Waals surface area contributed by atoms with Crippen LogP contribution in [0.2, 0.25) is 0 Å². The van der Waals surface area contributed by atoms with Gasteiger partial charge >= 0.3 is 0 Å². The predicted octanol–water partition coefficient (Wildman–Crippen LogP) is 1.05. The van der Waals surface area contributed by atoms with E-state index < -0.39 is 0 Å². The molecule has 1 saturated heterocycles. The molecule has 1 fully saturated rings. The average molecular weight is 234 g/mol. The summed E-state index contributed by atoms with van der Waals surface area (Å²) in [6, 6.07) is 0.796. The van der Waals surface area contributed by atoms with Crippen LogP contribution in [0.1, 0.15) is 19.8 Å². The third-order valence-corrected chi connectivity index (χ3v) is 2.08. The van der Waals surface area contributed by atoms with Crippen LogP contribution >= 0.6 is 0 Å². The third-order valence-electron chi connectivity index (χ3n) is 2.08. The van der Waals surface area contributed by atoms with Gasteiger partial charge in [0.2, 0.25) is 6.41 Å². The maximum absolute atomic E-state index is 9.80. The molecule has 1 aromatic rings. The second kappa shape index (κ2) is 10.6. The minimum Gasteiger partial charge on any atom is -0.314 e. The topological polar surface area (TPSA) is 66.9 Å². The van der Waals surface area contributed by atoms with E-state index in [0.717, 1.165) is 6.04 Å². The largest absolute Gasteiger partial charge is 0.314 e. The standard InChI is InChI=1S/C5H5N3O.C5H11N.C2H2/c9-4-8-5-3-6-1-2-7-5;1-5-3-2-4-6-5;1-2/h1-4H,(H,7,8,9);5-6H,2-4H2,1H3;1-2H/t;5-;/m.0./s1. The van der Waals surface area contributed by atoms with E-state index in [4.69, 9.17) is 0 Å². The molecule has 5 heteroatoms. The van der Waals surface area contributed by atoms with Crippen LogP contribution < -0.4 is 10.6 Å². The normalized spacial score (nSPS) is 16.8. The zero-order valence-electron chi connectivity index (χ0n) is 9.97. The zero-order valence-corrected chi connectivity index (χ0v) is 9.97. The van der Waals surface area contributed by atoms with Crippen LogP contribution in [0.4, 0.5) is 5.82 Å². The Morgan fingerprint density at radius 1 is 1.53 bits per heavy atom. The van der Waals surface area contributed by atoms with Crippen molar-refractivity contribution in [3.8, 4) is 12.8 Å². The van der Waals surface area contributed by atoms with Crippen molar-refractivity contribution >= 4 is 12.2 Å². The van der Waals surface area contributed by atoms with Crippen molar-refractivity contribution in [2.75, 3.05) is 11.9 Å². The first kappa shape index (κ1) is 15.1. The number of aromatic nitrogens is 2. The maximum atomic E-state index is 9.80. The zero-order chi connectivity index (χ0) is 12.9. The number of carbonyl (C=O) groups excluding carboxylic acids is 1. The van der Waals surface area contributed by atoms with E-state index in [1.54, 1.807) is 0 Å². The first-order valence-corrected chi connectivity index (χ1v) is 5.36. The van der Waals surface area contributed by atoms with Gasteiger partial charge in [0.1, 0.15) is 0 Å². The van der Waals surface area contributed by atoms with Crippen LogP contribution in [-0.4, -0.2) is 29.0 Å². The summed E-state index contributed by atoms with van der Waals surface area (Å²) in [6.07, 6.45) is 15.8. The Labute approximate surface area is 102 Å². The van der Waals surface area contributed by atoms with Crippen molar-refractivity contribution in [1.29, 1.82) is 0 Å². The fourth-order valence-corrected chi connectivity index (χ4v) is 1.29. The SMILES string of the molecule is C#C.C[C@H]1CCCN1.O=CNc1cnccn1. The molecule has 1 aromatic heterocycles. The second-order valence-corrected chi connectivity index (χ2v) is 3.35. The molecule has 1 aliphatic rings. The Balaban J connectivity index is 0.000000278. The molecule has 0 spiro atoms. The molecule has 0 aliphatic carbocycles. The Hall–Kier alpha value is -1.93. The van der Waals surface area contributed by atoms with Gasteiger partial charge in [-0.1, -0.05) is 0 Å². The number of nitrogens with zero attached hydrogens (tertiary/aromatic N) is 2. The summed E-state index contributed by atoms with van der Waals surface area (Å²) in [5.74, 6) is 0.465. The van der Waals surface area contributed by atoms with E-state index in [1.807, 2.05) is 0 Å². The van der Waals surface area contributed by atoms with Crippen molar-refractivity contribution in [3.05, 3.63) is 18.6 Å². The smallest absolute Gasteiger partial charge is 0.212 e. The summed E-state index contributed by atoms with van der Waals surface area (Å²) in [5, 5.41) is 5.67. The lowest BCUT2D eigenvalue weighted by Gasteiger charge is -1.95. The van der Waals surface area contributed by atoms with Crippen LogP contribution in [0.15, 0.2) is 18.6 Å². The minimum atomic E-state index is 0.465. The molecule has 1 atom stereocenters. The highest BCUT2D eigenvalue weighted by Crippen LogP contribution is 2.01. The Bertz CT molecular complexity index is 307. The van der Waals surface area contributed by atoms with Crippen molar-refractivity contribution < 1.29 is 4.79 Å². The lowest BCUT2D eigenvalue weighted by molar-refractivity contribution is -0.105. The van der Waals surface area contributed by atoms with Gasteiger partial charge < -0.3 is 10.6 Å². The van der Waals surface area contributed by atoms with Crippen LogP contribution in [0.3, 0.4) is 0 Å². The number of rotatable bonds is 2. The summed E-state index contributed by atoms with van der Waals surface area (Å²) < 4.78 is 0. The highest BCUT2D eigenvalue weighted by atomic mass is 16.1. The molecule has 17 heavy (non-hydrogen) atoms. The van der Waals surface area contributed by atoms with Crippen molar-refractivity contribution in [3.63, 3.8) is 0 Å². The summed E-state index contributed by atoms with van der Waals surface area (Å²) in [5.41, 5.74) is 0. The number of hydrogen-bond acceptors (Lipinski definition) is 4. The number of nitrogens with one attached hydrogen (secondary N) is 2. The van der Waals surface area contributed by atoms with Gasteiger partial charge in [0, 0.05) is 18.4 Å². The molecule has 0 aromatic carbocycles. The summed E-state index contributed by atoms with van der Waals surface area (Å²) in [6.45, 7) is 3.47. The lowest BCUT2D eigenvalue weighted by atomic mass is 10.3. The first-order chi connectivity index (χ1) is 8.33. The van der Waals surface area contributed by atoms with Gasteiger partial charge in [-0.25, -0.2) is 4.98 Å². The van der Waals surface area contributed by atoms with E-state index >= 15 is 0 Å². The van der Waals surface area contributed by atoms with Gasteiger partial charge in [0.15, 0.2) is 5.82 Å². The van der Waals surface area contributed by atoms with Crippen molar-refractivity contribution in [2.45, 2.75) is 25.8 Å². The van der Waals surface area contributed by atoms with Gasteiger partial charge in [0.05, 0.1) is 6.20 Å². The van der Waals surface area contributed by atoms with Crippen LogP contribution in [-0.2, 0) is 4.79 Å². The number of terminal acetylenes is 1. The highest BCUT2D eigenvalue weighted by Gasteiger charge is 2.05. The van der Waals surface area contributed by atoms with Gasteiger partial charge in [0.25, 0.3) is 0 Å². The molecule has 0 bridgehead atoms. The molecular formula is C12H18N4O. The number of carbonyl (C=O) groups is 1. The summed E-state index contributed by atoms with van der Waals surface area (Å²) in [7, 11) is 0. The monoisotopic (exact) mass is 234 g/mol. The molecule has 0 unspecified atom stereocenters. The van der Waals surface area contributed by atoms with Gasteiger partial charge in [-0.15, -0.1) is 12.8 Å². The Morgan fingerprint density at radius 2 is 2.29 bits per heavy atom. The van der Waals surface area contributed by atoms with E-state index in [1.165, 1.54) is 38.0 Å². The highest BCUT2D eigenvalue weighted by molar-refractivity contribution is 5.67. The van der Waals surface area contributed by atoms with Crippen molar-refractivity contribution in [1.82, 2.24) is 15.3 Å². The fraction of sp³-hybridized carbons (Fsp3) is 0.417. The molecule has 2 rings (SSSR count).